The molecule has 23 heavy (non-hydrogen) atoms. The number of aryl methyl sites for hydroxylation is 1. The molecule has 122 valence electrons. The van der Waals surface area contributed by atoms with Gasteiger partial charge in [-0.25, -0.2) is 0 Å². The Morgan fingerprint density at radius 3 is 1.70 bits per heavy atom. The molecule has 0 aliphatic rings. The minimum absolute atomic E-state index is 0.506. The van der Waals surface area contributed by atoms with E-state index in [9.17, 15) is 0 Å². The molecule has 3 aromatic rings. The molecule has 0 aliphatic heterocycles. The van der Waals surface area contributed by atoms with E-state index >= 15 is 0 Å². The molecule has 0 bridgehead atoms. The van der Waals surface area contributed by atoms with E-state index in [-0.39, 0.29) is 0 Å². The van der Waals surface area contributed by atoms with Crippen molar-refractivity contribution in [2.75, 3.05) is 26.3 Å². The van der Waals surface area contributed by atoms with Crippen LogP contribution in [0, 0.1) is 0 Å². The summed E-state index contributed by atoms with van der Waals surface area (Å²) in [6.07, 6.45) is 0. The lowest BCUT2D eigenvalue weighted by Gasteiger charge is -2.06. The van der Waals surface area contributed by atoms with E-state index in [0.29, 0.717) is 26.3 Å². The van der Waals surface area contributed by atoms with Gasteiger partial charge < -0.3 is 25.5 Å². The topological polar surface area (TPSA) is 75.4 Å². The van der Waals surface area contributed by atoms with Gasteiger partial charge in [0.1, 0.15) is 24.7 Å². The number of rotatable bonds is 7. The van der Waals surface area contributed by atoms with Crippen LogP contribution in [0.3, 0.4) is 0 Å². The highest BCUT2D eigenvalue weighted by molar-refractivity contribution is 6.09. The molecule has 1 aromatic heterocycles. The van der Waals surface area contributed by atoms with Crippen molar-refractivity contribution < 1.29 is 9.47 Å². The highest BCUT2D eigenvalue weighted by atomic mass is 16.5. The largest absolute Gasteiger partial charge is 0.492 e. The summed E-state index contributed by atoms with van der Waals surface area (Å²) in [5.41, 5.74) is 13.4. The molecule has 0 fully saturated rings. The van der Waals surface area contributed by atoms with Gasteiger partial charge in [0.05, 0.1) is 0 Å². The first kappa shape index (κ1) is 15.6. The number of nitrogens with zero attached hydrogens (tertiary/aromatic N) is 1. The zero-order valence-corrected chi connectivity index (χ0v) is 13.4. The summed E-state index contributed by atoms with van der Waals surface area (Å²) in [6.45, 7) is 5.10. The minimum atomic E-state index is 0.506. The van der Waals surface area contributed by atoms with Crippen molar-refractivity contribution in [3.8, 4) is 11.5 Å². The highest BCUT2D eigenvalue weighted by Gasteiger charge is 2.11. The Hall–Kier alpha value is -2.24. The molecule has 0 saturated carbocycles. The van der Waals surface area contributed by atoms with Crippen LogP contribution in [0.2, 0.25) is 0 Å². The van der Waals surface area contributed by atoms with Crippen LogP contribution >= 0.6 is 0 Å². The van der Waals surface area contributed by atoms with E-state index in [1.54, 1.807) is 0 Å². The maximum absolute atomic E-state index is 5.67. The lowest BCUT2D eigenvalue weighted by molar-refractivity contribution is 0.328. The molecule has 3 rings (SSSR count). The molecule has 0 aliphatic carbocycles. The highest BCUT2D eigenvalue weighted by Crippen LogP contribution is 2.34. The predicted octanol–water partition coefficient (Wildman–Crippen LogP) is 2.49. The summed E-state index contributed by atoms with van der Waals surface area (Å²) >= 11 is 0. The smallest absolute Gasteiger partial charge is 0.120 e. The van der Waals surface area contributed by atoms with Crippen molar-refractivity contribution in [3.05, 3.63) is 36.4 Å². The third-order valence-electron chi connectivity index (χ3n) is 3.90. The lowest BCUT2D eigenvalue weighted by Crippen LogP contribution is -2.10. The standard InChI is InChI=1S/C18H23N3O2/c1-2-21-17-5-3-13(22-9-7-19)11-15(17)16-12-14(23-10-8-20)4-6-18(16)21/h3-6,11-12H,2,7-10,19-20H2,1H3. The normalized spacial score (nSPS) is 11.3. The van der Waals surface area contributed by atoms with Gasteiger partial charge in [-0.05, 0) is 43.3 Å². The fourth-order valence-electron chi connectivity index (χ4n) is 2.94. The number of ether oxygens (including phenoxy) is 2. The Labute approximate surface area is 135 Å². The van der Waals surface area contributed by atoms with Crippen LogP contribution in [0.25, 0.3) is 21.8 Å². The van der Waals surface area contributed by atoms with Gasteiger partial charge in [-0.2, -0.15) is 0 Å². The Morgan fingerprint density at radius 1 is 0.826 bits per heavy atom. The molecule has 0 spiro atoms. The number of fused-ring (bicyclic) bond motifs is 3. The molecule has 2 aromatic carbocycles. The molecule has 0 amide bonds. The molecular formula is C18H23N3O2. The Morgan fingerprint density at radius 2 is 1.30 bits per heavy atom. The van der Waals surface area contributed by atoms with E-state index in [4.69, 9.17) is 20.9 Å². The Kier molecular flexibility index (Phi) is 4.69. The summed E-state index contributed by atoms with van der Waals surface area (Å²) in [7, 11) is 0. The van der Waals surface area contributed by atoms with Gasteiger partial charge >= 0.3 is 0 Å². The monoisotopic (exact) mass is 313 g/mol. The number of aromatic nitrogens is 1. The minimum Gasteiger partial charge on any atom is -0.492 e. The summed E-state index contributed by atoms with van der Waals surface area (Å²) < 4.78 is 13.6. The third-order valence-corrected chi connectivity index (χ3v) is 3.90. The summed E-state index contributed by atoms with van der Waals surface area (Å²) in [5, 5.41) is 2.32. The van der Waals surface area contributed by atoms with E-state index < -0.39 is 0 Å². The van der Waals surface area contributed by atoms with Crippen molar-refractivity contribution >= 4 is 21.8 Å². The van der Waals surface area contributed by atoms with Crippen LogP contribution in [-0.2, 0) is 6.54 Å². The van der Waals surface area contributed by atoms with Gasteiger partial charge in [0.2, 0.25) is 0 Å². The second-order valence-corrected chi connectivity index (χ2v) is 5.38. The average Bonchev–Trinajstić information content (AvgIpc) is 2.90. The molecule has 0 unspecified atom stereocenters. The first-order valence-corrected chi connectivity index (χ1v) is 8.00. The molecule has 5 nitrogen and oxygen atoms in total. The lowest BCUT2D eigenvalue weighted by atomic mass is 10.1. The van der Waals surface area contributed by atoms with Crippen LogP contribution in [-0.4, -0.2) is 30.9 Å². The molecule has 4 N–H and O–H groups in total. The molecule has 0 atom stereocenters. The van der Waals surface area contributed by atoms with Gasteiger partial charge in [0, 0.05) is 41.4 Å². The van der Waals surface area contributed by atoms with E-state index in [1.165, 1.54) is 11.0 Å². The van der Waals surface area contributed by atoms with Crippen molar-refractivity contribution in [1.29, 1.82) is 0 Å². The van der Waals surface area contributed by atoms with Gasteiger partial charge in [-0.3, -0.25) is 0 Å². The quantitative estimate of drug-likeness (QED) is 0.702. The fraction of sp³-hybridized carbons (Fsp3) is 0.333. The third kappa shape index (κ3) is 2.98. The Bertz CT molecular complexity index is 745. The molecule has 0 saturated heterocycles. The SMILES string of the molecule is CCn1c2ccc(OCCN)cc2c2cc(OCCN)ccc21. The number of benzene rings is 2. The molecule has 1 heterocycles. The van der Waals surface area contributed by atoms with Crippen molar-refractivity contribution in [3.63, 3.8) is 0 Å². The predicted molar refractivity (Wildman–Crippen MR) is 94.2 cm³/mol. The Balaban J connectivity index is 2.14. The van der Waals surface area contributed by atoms with Gasteiger partial charge in [0.15, 0.2) is 0 Å². The first-order valence-electron chi connectivity index (χ1n) is 8.00. The molecular weight excluding hydrogens is 290 g/mol. The molecule has 5 heteroatoms. The summed E-state index contributed by atoms with van der Waals surface area (Å²) in [5.74, 6) is 1.68. The fourth-order valence-corrected chi connectivity index (χ4v) is 2.94. The summed E-state index contributed by atoms with van der Waals surface area (Å²) in [4.78, 5) is 0. The molecule has 0 radical (unpaired) electrons. The van der Waals surface area contributed by atoms with E-state index in [0.717, 1.165) is 28.8 Å². The van der Waals surface area contributed by atoms with Gasteiger partial charge in [0.25, 0.3) is 0 Å². The van der Waals surface area contributed by atoms with Gasteiger partial charge in [-0.1, -0.05) is 0 Å². The number of nitrogens with two attached hydrogens (primary N) is 2. The van der Waals surface area contributed by atoms with Crippen molar-refractivity contribution in [1.82, 2.24) is 4.57 Å². The van der Waals surface area contributed by atoms with Crippen molar-refractivity contribution in [2.24, 2.45) is 11.5 Å². The van der Waals surface area contributed by atoms with Gasteiger partial charge in [-0.15, -0.1) is 0 Å². The van der Waals surface area contributed by atoms with Crippen LogP contribution in [0.5, 0.6) is 11.5 Å². The maximum atomic E-state index is 5.67. The zero-order chi connectivity index (χ0) is 16.2. The summed E-state index contributed by atoms with van der Waals surface area (Å²) in [6, 6.07) is 12.3. The van der Waals surface area contributed by atoms with Crippen LogP contribution in [0.15, 0.2) is 36.4 Å². The van der Waals surface area contributed by atoms with Crippen LogP contribution < -0.4 is 20.9 Å². The second-order valence-electron chi connectivity index (χ2n) is 5.38. The van der Waals surface area contributed by atoms with Crippen molar-refractivity contribution in [2.45, 2.75) is 13.5 Å². The first-order chi connectivity index (χ1) is 11.3. The van der Waals surface area contributed by atoms with E-state index in [1.807, 2.05) is 12.1 Å². The second kappa shape index (κ2) is 6.89. The zero-order valence-electron chi connectivity index (χ0n) is 13.4. The van der Waals surface area contributed by atoms with Crippen LogP contribution in [0.4, 0.5) is 0 Å². The average molecular weight is 313 g/mol. The van der Waals surface area contributed by atoms with E-state index in [2.05, 4.69) is 35.8 Å². The van der Waals surface area contributed by atoms with Crippen LogP contribution in [0.1, 0.15) is 6.92 Å². The number of hydrogen-bond donors (Lipinski definition) is 2. The number of hydrogen-bond acceptors (Lipinski definition) is 4. The maximum Gasteiger partial charge on any atom is 0.120 e.